The molecule has 0 radical (unpaired) electrons. The fraction of sp³-hybridized carbons (Fsp3) is 0. The van der Waals surface area contributed by atoms with Crippen molar-refractivity contribution >= 4 is 103 Å². The van der Waals surface area contributed by atoms with Gasteiger partial charge >= 0.3 is 0 Å². The monoisotopic (exact) mass is 581 g/mol. The lowest BCUT2D eigenvalue weighted by molar-refractivity contribution is 1.17. The molecule has 0 aliphatic carbocycles. The SMILES string of the molecule is c1ccc2c(c1)Sc1ccccc1N2c1ccc2c(c1)c1ccccc1c1cc3sc4c5ccccc5ccc4c3cc21. The Kier molecular flexibility index (Phi) is 4.87. The number of hydrogen-bond donors (Lipinski definition) is 0. The van der Waals surface area contributed by atoms with Gasteiger partial charge in [0.2, 0.25) is 0 Å². The topological polar surface area (TPSA) is 3.24 Å². The largest absolute Gasteiger partial charge is 0.308 e. The molecule has 43 heavy (non-hydrogen) atoms. The highest BCUT2D eigenvalue weighted by Gasteiger charge is 2.25. The fourth-order valence-corrected chi connectivity index (χ4v) is 9.38. The minimum absolute atomic E-state index is 1.19. The van der Waals surface area contributed by atoms with Gasteiger partial charge in [-0.2, -0.15) is 0 Å². The van der Waals surface area contributed by atoms with Crippen LogP contribution in [0.4, 0.5) is 17.1 Å². The molecule has 0 saturated carbocycles. The smallest absolute Gasteiger partial charge is 0.0601 e. The minimum Gasteiger partial charge on any atom is -0.308 e. The standard InChI is InChI=1S/C40H23NS2/c1-2-10-26-24(9-1)17-19-30-34-22-32-29-20-18-25(41-35-13-5-7-15-37(35)42-38-16-8-6-14-36(38)41)21-31(29)27-11-3-4-12-28(27)33(32)23-39(34)43-40(26)30/h1-23H. The van der Waals surface area contributed by atoms with E-state index in [0.717, 1.165) is 0 Å². The second kappa shape index (κ2) is 8.84. The van der Waals surface area contributed by atoms with Gasteiger partial charge in [-0.25, -0.2) is 0 Å². The molecule has 0 unspecified atom stereocenters. The molecule has 1 aliphatic heterocycles. The van der Waals surface area contributed by atoms with Crippen LogP contribution in [-0.2, 0) is 0 Å². The van der Waals surface area contributed by atoms with E-state index in [9.17, 15) is 0 Å². The van der Waals surface area contributed by atoms with Crippen molar-refractivity contribution in [2.24, 2.45) is 0 Å². The summed E-state index contributed by atoms with van der Waals surface area (Å²) in [6.45, 7) is 0. The first kappa shape index (κ1) is 23.7. The van der Waals surface area contributed by atoms with Gasteiger partial charge in [-0.3, -0.25) is 0 Å². The lowest BCUT2D eigenvalue weighted by Gasteiger charge is -2.33. The predicted molar refractivity (Wildman–Crippen MR) is 188 cm³/mol. The summed E-state index contributed by atoms with van der Waals surface area (Å²) in [7, 11) is 0. The number of hydrogen-bond acceptors (Lipinski definition) is 3. The zero-order valence-corrected chi connectivity index (χ0v) is 24.7. The van der Waals surface area contributed by atoms with Gasteiger partial charge in [0, 0.05) is 35.7 Å². The van der Waals surface area contributed by atoms with Crippen LogP contribution in [0.1, 0.15) is 0 Å². The predicted octanol–water partition coefficient (Wildman–Crippen LogP) is 12.6. The second-order valence-corrected chi connectivity index (χ2v) is 13.4. The molecule has 1 nitrogen and oxygen atoms in total. The Labute approximate surface area is 256 Å². The Bertz CT molecular complexity index is 2570. The average molecular weight is 582 g/mol. The molecule has 1 aromatic heterocycles. The number of thiophene rings is 1. The Hall–Kier alpha value is -4.83. The first-order valence-electron chi connectivity index (χ1n) is 14.6. The van der Waals surface area contributed by atoms with E-state index < -0.39 is 0 Å². The van der Waals surface area contributed by atoms with E-state index in [1.165, 1.54) is 90.1 Å². The van der Waals surface area contributed by atoms with E-state index in [4.69, 9.17) is 0 Å². The van der Waals surface area contributed by atoms with Crippen LogP contribution in [0, 0.1) is 0 Å². The first-order valence-corrected chi connectivity index (χ1v) is 16.2. The molecule has 8 aromatic carbocycles. The summed E-state index contributed by atoms with van der Waals surface area (Å²) in [5, 5.41) is 13.2. The summed E-state index contributed by atoms with van der Waals surface area (Å²) in [6, 6.07) is 51.7. The van der Waals surface area contributed by atoms with Crippen LogP contribution in [0.15, 0.2) is 149 Å². The molecule has 0 spiro atoms. The van der Waals surface area contributed by atoms with Crippen LogP contribution in [0.3, 0.4) is 0 Å². The van der Waals surface area contributed by atoms with Crippen molar-refractivity contribution in [2.45, 2.75) is 9.79 Å². The maximum Gasteiger partial charge on any atom is 0.0601 e. The molecule has 0 amide bonds. The molecule has 0 bridgehead atoms. The van der Waals surface area contributed by atoms with Gasteiger partial charge in [-0.15, -0.1) is 11.3 Å². The van der Waals surface area contributed by atoms with Crippen molar-refractivity contribution in [3.8, 4) is 0 Å². The van der Waals surface area contributed by atoms with Gasteiger partial charge in [0.1, 0.15) is 0 Å². The third-order valence-electron chi connectivity index (χ3n) is 8.99. The van der Waals surface area contributed by atoms with E-state index in [-0.39, 0.29) is 0 Å². The number of benzene rings is 8. The maximum atomic E-state index is 2.45. The molecular weight excluding hydrogens is 559 g/mol. The lowest BCUT2D eigenvalue weighted by Crippen LogP contribution is -2.14. The molecule has 2 heterocycles. The van der Waals surface area contributed by atoms with Crippen LogP contribution in [0.25, 0.3) is 63.3 Å². The van der Waals surface area contributed by atoms with Gasteiger partial charge in [-0.05, 0) is 91.6 Å². The van der Waals surface area contributed by atoms with Crippen LogP contribution in [-0.4, -0.2) is 0 Å². The van der Waals surface area contributed by atoms with E-state index in [1.54, 1.807) is 0 Å². The number of anilines is 3. The van der Waals surface area contributed by atoms with Gasteiger partial charge in [-0.1, -0.05) is 103 Å². The van der Waals surface area contributed by atoms with E-state index >= 15 is 0 Å². The summed E-state index contributed by atoms with van der Waals surface area (Å²) in [4.78, 5) is 4.99. The summed E-state index contributed by atoms with van der Waals surface area (Å²) in [6.07, 6.45) is 0. The third kappa shape index (κ3) is 3.35. The van der Waals surface area contributed by atoms with Crippen molar-refractivity contribution in [1.82, 2.24) is 0 Å². The van der Waals surface area contributed by atoms with E-state index in [1.807, 2.05) is 23.1 Å². The van der Waals surface area contributed by atoms with Crippen molar-refractivity contribution in [2.75, 3.05) is 4.90 Å². The van der Waals surface area contributed by atoms with Crippen LogP contribution in [0.5, 0.6) is 0 Å². The number of nitrogens with zero attached hydrogens (tertiary/aromatic N) is 1. The molecule has 9 aromatic rings. The van der Waals surface area contributed by atoms with E-state index in [0.29, 0.717) is 0 Å². The quantitative estimate of drug-likeness (QED) is 0.177. The zero-order chi connectivity index (χ0) is 28.1. The second-order valence-electron chi connectivity index (χ2n) is 11.3. The Balaban J connectivity index is 1.29. The summed E-state index contributed by atoms with van der Waals surface area (Å²) in [5.41, 5.74) is 3.65. The number of para-hydroxylation sites is 2. The molecule has 0 saturated heterocycles. The van der Waals surface area contributed by atoms with Gasteiger partial charge < -0.3 is 4.90 Å². The lowest BCUT2D eigenvalue weighted by atomic mass is 9.92. The molecule has 10 rings (SSSR count). The minimum atomic E-state index is 1.19. The van der Waals surface area contributed by atoms with Crippen molar-refractivity contribution in [1.29, 1.82) is 0 Å². The molecule has 200 valence electrons. The average Bonchev–Trinajstić information content (AvgIpc) is 3.44. The molecule has 0 atom stereocenters. The third-order valence-corrected chi connectivity index (χ3v) is 11.3. The molecule has 1 aliphatic rings. The highest BCUT2D eigenvalue weighted by molar-refractivity contribution is 7.99. The molecule has 0 N–H and O–H groups in total. The highest BCUT2D eigenvalue weighted by Crippen LogP contribution is 2.52. The highest BCUT2D eigenvalue weighted by atomic mass is 32.2. The number of fused-ring (bicyclic) bond motifs is 13. The van der Waals surface area contributed by atoms with Crippen molar-refractivity contribution < 1.29 is 0 Å². The number of rotatable bonds is 1. The summed E-state index contributed by atoms with van der Waals surface area (Å²) >= 11 is 3.77. The summed E-state index contributed by atoms with van der Waals surface area (Å²) in [5.74, 6) is 0. The summed E-state index contributed by atoms with van der Waals surface area (Å²) < 4.78 is 2.72. The zero-order valence-electron chi connectivity index (χ0n) is 23.0. The van der Waals surface area contributed by atoms with Gasteiger partial charge in [0.15, 0.2) is 0 Å². The first-order chi connectivity index (χ1) is 21.3. The fourth-order valence-electron chi connectivity index (χ4n) is 7.06. The van der Waals surface area contributed by atoms with E-state index in [2.05, 4.69) is 144 Å². The molecule has 0 fully saturated rings. The van der Waals surface area contributed by atoms with Crippen LogP contribution < -0.4 is 4.90 Å². The van der Waals surface area contributed by atoms with Gasteiger partial charge in [0.05, 0.1) is 11.4 Å². The van der Waals surface area contributed by atoms with Gasteiger partial charge in [0.25, 0.3) is 0 Å². The maximum absolute atomic E-state index is 2.45. The Morgan fingerprint density at radius 3 is 1.74 bits per heavy atom. The molecular formula is C40H23NS2. The Morgan fingerprint density at radius 2 is 0.977 bits per heavy atom. The normalized spacial score (nSPS) is 13.0. The van der Waals surface area contributed by atoms with Crippen LogP contribution >= 0.6 is 23.1 Å². The van der Waals surface area contributed by atoms with Crippen molar-refractivity contribution in [3.63, 3.8) is 0 Å². The van der Waals surface area contributed by atoms with Crippen molar-refractivity contribution in [3.05, 3.63) is 140 Å². The van der Waals surface area contributed by atoms with Crippen LogP contribution in [0.2, 0.25) is 0 Å². The molecule has 3 heteroatoms. The Morgan fingerprint density at radius 1 is 0.395 bits per heavy atom.